The Labute approximate surface area is 127 Å². The highest BCUT2D eigenvalue weighted by Gasteiger charge is 2.15. The third-order valence-electron chi connectivity index (χ3n) is 2.34. The number of nitro benzene ring substituents is 1. The van der Waals surface area contributed by atoms with Crippen molar-refractivity contribution in [3.05, 3.63) is 61.7 Å². The summed E-state index contributed by atoms with van der Waals surface area (Å²) in [7, 11) is 0. The first-order chi connectivity index (χ1) is 9.09. The van der Waals surface area contributed by atoms with Crippen LogP contribution in [0.3, 0.4) is 0 Å². The Bertz CT molecular complexity index is 624. The molecular formula is C12H8BrClN2O2S. The second kappa shape index (κ2) is 6.36. The summed E-state index contributed by atoms with van der Waals surface area (Å²) in [6.07, 6.45) is 1.66. The number of pyridine rings is 1. The monoisotopic (exact) mass is 358 g/mol. The van der Waals surface area contributed by atoms with Crippen molar-refractivity contribution >= 4 is 45.0 Å². The molecule has 2 rings (SSSR count). The van der Waals surface area contributed by atoms with Crippen molar-refractivity contribution in [1.29, 1.82) is 0 Å². The third-order valence-corrected chi connectivity index (χ3v) is 4.73. The molecule has 98 valence electrons. The van der Waals surface area contributed by atoms with E-state index in [1.54, 1.807) is 24.4 Å². The molecule has 0 aliphatic carbocycles. The Hall–Kier alpha value is -1.11. The number of aromatic nitrogens is 1. The van der Waals surface area contributed by atoms with Crippen LogP contribution in [0.25, 0.3) is 0 Å². The molecule has 0 spiro atoms. The fraction of sp³-hybridized carbons (Fsp3) is 0.0833. The van der Waals surface area contributed by atoms with Gasteiger partial charge in [0.1, 0.15) is 5.03 Å². The molecule has 0 bridgehead atoms. The lowest BCUT2D eigenvalue weighted by Gasteiger charge is -2.05. The maximum Gasteiger partial charge on any atom is 0.283 e. The lowest BCUT2D eigenvalue weighted by Crippen LogP contribution is -1.93. The molecule has 0 aliphatic heterocycles. The van der Waals surface area contributed by atoms with Crippen molar-refractivity contribution in [2.45, 2.75) is 10.8 Å². The zero-order chi connectivity index (χ0) is 13.8. The van der Waals surface area contributed by atoms with E-state index in [9.17, 15) is 10.1 Å². The van der Waals surface area contributed by atoms with Crippen LogP contribution < -0.4 is 0 Å². The van der Waals surface area contributed by atoms with Crippen LogP contribution in [0, 0.1) is 10.1 Å². The Morgan fingerprint density at radius 2 is 2.16 bits per heavy atom. The normalized spacial score (nSPS) is 10.4. The summed E-state index contributed by atoms with van der Waals surface area (Å²) in [5.74, 6) is 0.555. The molecule has 0 saturated heterocycles. The van der Waals surface area contributed by atoms with E-state index in [1.807, 2.05) is 6.07 Å². The van der Waals surface area contributed by atoms with Gasteiger partial charge < -0.3 is 0 Å². The first kappa shape index (κ1) is 14.3. The van der Waals surface area contributed by atoms with Crippen LogP contribution in [-0.2, 0) is 5.75 Å². The number of rotatable bonds is 4. The fourth-order valence-corrected chi connectivity index (χ4v) is 3.34. The van der Waals surface area contributed by atoms with Gasteiger partial charge in [0.25, 0.3) is 5.69 Å². The summed E-state index contributed by atoms with van der Waals surface area (Å²) in [5.41, 5.74) is 0.895. The van der Waals surface area contributed by atoms with Gasteiger partial charge in [-0.25, -0.2) is 4.98 Å². The number of halogens is 2. The predicted molar refractivity (Wildman–Crippen MR) is 79.6 cm³/mol. The predicted octanol–water partition coefficient (Wildman–Crippen LogP) is 4.70. The first-order valence-electron chi connectivity index (χ1n) is 5.24. The minimum atomic E-state index is -0.411. The van der Waals surface area contributed by atoms with E-state index in [2.05, 4.69) is 20.9 Å². The highest BCUT2D eigenvalue weighted by atomic mass is 79.9. The molecule has 0 fully saturated rings. The van der Waals surface area contributed by atoms with E-state index >= 15 is 0 Å². The standard InChI is InChI=1S/C12H8BrClN2O2S/c13-11-8(3-1-5-10(11)16(17)18)7-19-12-9(14)4-2-6-15-12/h1-6H,7H2. The largest absolute Gasteiger partial charge is 0.283 e. The fourth-order valence-electron chi connectivity index (χ4n) is 1.44. The number of hydrogen-bond donors (Lipinski definition) is 0. The lowest BCUT2D eigenvalue weighted by molar-refractivity contribution is -0.385. The van der Waals surface area contributed by atoms with Crippen LogP contribution in [0.2, 0.25) is 5.02 Å². The minimum absolute atomic E-state index is 0.0604. The van der Waals surface area contributed by atoms with Gasteiger partial charge in [0, 0.05) is 18.0 Å². The summed E-state index contributed by atoms with van der Waals surface area (Å²) >= 11 is 10.7. The van der Waals surface area contributed by atoms with Gasteiger partial charge in [-0.1, -0.05) is 23.7 Å². The molecular weight excluding hydrogens is 352 g/mol. The van der Waals surface area contributed by atoms with E-state index in [-0.39, 0.29) is 5.69 Å². The van der Waals surface area contributed by atoms with Crippen LogP contribution in [0.5, 0.6) is 0 Å². The Morgan fingerprint density at radius 3 is 2.84 bits per heavy atom. The third kappa shape index (κ3) is 3.46. The van der Waals surface area contributed by atoms with Gasteiger partial charge in [0.05, 0.1) is 14.4 Å². The Morgan fingerprint density at radius 1 is 1.37 bits per heavy atom. The highest BCUT2D eigenvalue weighted by molar-refractivity contribution is 9.10. The first-order valence-corrected chi connectivity index (χ1v) is 7.40. The van der Waals surface area contributed by atoms with Crippen LogP contribution in [0.15, 0.2) is 46.0 Å². The highest BCUT2D eigenvalue weighted by Crippen LogP contribution is 2.33. The lowest BCUT2D eigenvalue weighted by atomic mass is 10.2. The van der Waals surface area contributed by atoms with E-state index < -0.39 is 4.92 Å². The quantitative estimate of drug-likeness (QED) is 0.451. The summed E-state index contributed by atoms with van der Waals surface area (Å²) in [4.78, 5) is 14.6. The van der Waals surface area contributed by atoms with E-state index in [0.717, 1.165) is 5.56 Å². The molecule has 0 radical (unpaired) electrons. The van der Waals surface area contributed by atoms with Crippen LogP contribution in [0.1, 0.15) is 5.56 Å². The number of nitro groups is 1. The second-order valence-electron chi connectivity index (χ2n) is 3.59. The molecule has 19 heavy (non-hydrogen) atoms. The molecule has 0 unspecified atom stereocenters. The number of thioether (sulfide) groups is 1. The number of hydrogen-bond acceptors (Lipinski definition) is 4. The SMILES string of the molecule is O=[N+]([O-])c1cccc(CSc2ncccc2Cl)c1Br. The van der Waals surface area contributed by atoms with Gasteiger partial charge in [-0.2, -0.15) is 0 Å². The zero-order valence-corrected chi connectivity index (χ0v) is 12.7. The number of nitrogens with zero attached hydrogens (tertiary/aromatic N) is 2. The maximum atomic E-state index is 10.8. The average Bonchev–Trinajstić information content (AvgIpc) is 2.39. The van der Waals surface area contributed by atoms with Crippen molar-refractivity contribution in [3.63, 3.8) is 0 Å². The summed E-state index contributed by atoms with van der Waals surface area (Å²) in [6, 6.07) is 8.49. The van der Waals surface area contributed by atoms with Gasteiger partial charge in [0.15, 0.2) is 0 Å². The maximum absolute atomic E-state index is 10.8. The van der Waals surface area contributed by atoms with Gasteiger partial charge in [-0.3, -0.25) is 10.1 Å². The molecule has 0 saturated carbocycles. The zero-order valence-electron chi connectivity index (χ0n) is 9.55. The molecule has 1 heterocycles. The van der Waals surface area contributed by atoms with Crippen LogP contribution in [-0.4, -0.2) is 9.91 Å². The van der Waals surface area contributed by atoms with Gasteiger partial charge in [-0.15, -0.1) is 11.8 Å². The topological polar surface area (TPSA) is 56.0 Å². The minimum Gasteiger partial charge on any atom is -0.258 e. The van der Waals surface area contributed by atoms with Gasteiger partial charge >= 0.3 is 0 Å². The molecule has 0 N–H and O–H groups in total. The molecule has 0 aliphatic rings. The van der Waals surface area contributed by atoms with Crippen molar-refractivity contribution in [3.8, 4) is 0 Å². The molecule has 1 aromatic heterocycles. The molecule has 1 aromatic carbocycles. The van der Waals surface area contributed by atoms with E-state index in [0.29, 0.717) is 20.3 Å². The van der Waals surface area contributed by atoms with Gasteiger partial charge in [-0.05, 0) is 33.6 Å². The Balaban J connectivity index is 2.19. The van der Waals surface area contributed by atoms with E-state index in [1.165, 1.54) is 17.8 Å². The van der Waals surface area contributed by atoms with E-state index in [4.69, 9.17) is 11.6 Å². The van der Waals surface area contributed by atoms with Crippen LogP contribution in [0.4, 0.5) is 5.69 Å². The van der Waals surface area contributed by atoms with Crippen molar-refractivity contribution in [2.75, 3.05) is 0 Å². The van der Waals surface area contributed by atoms with Gasteiger partial charge in [0.2, 0.25) is 0 Å². The average molecular weight is 360 g/mol. The van der Waals surface area contributed by atoms with Crippen molar-refractivity contribution in [1.82, 2.24) is 4.98 Å². The molecule has 0 amide bonds. The molecule has 4 nitrogen and oxygen atoms in total. The summed E-state index contributed by atoms with van der Waals surface area (Å²) < 4.78 is 0.500. The summed E-state index contributed by atoms with van der Waals surface area (Å²) in [5, 5.41) is 12.1. The second-order valence-corrected chi connectivity index (χ2v) is 5.75. The Kier molecular flexibility index (Phi) is 4.79. The molecule has 2 aromatic rings. The molecule has 0 atom stereocenters. The molecule has 7 heteroatoms. The smallest absolute Gasteiger partial charge is 0.258 e. The van der Waals surface area contributed by atoms with Crippen molar-refractivity contribution in [2.24, 2.45) is 0 Å². The summed E-state index contributed by atoms with van der Waals surface area (Å²) in [6.45, 7) is 0. The van der Waals surface area contributed by atoms with Crippen LogP contribution >= 0.6 is 39.3 Å². The van der Waals surface area contributed by atoms with Crippen molar-refractivity contribution < 1.29 is 4.92 Å². The number of benzene rings is 1.